The summed E-state index contributed by atoms with van der Waals surface area (Å²) in [5.41, 5.74) is 1.08. The fraction of sp³-hybridized carbons (Fsp3) is 0.231. The molecule has 0 saturated carbocycles. The van der Waals surface area contributed by atoms with Crippen molar-refractivity contribution >= 4 is 17.4 Å². The highest BCUT2D eigenvalue weighted by Gasteiger charge is 2.46. The minimum atomic E-state index is -0.804. The van der Waals surface area contributed by atoms with Crippen molar-refractivity contribution in [2.24, 2.45) is 0 Å². The normalized spacial score (nSPS) is 17.4. The standard InChI is InChI=1S/C26H25NO6/c1-3-13-32-19-11-9-17(10-12-19)24(28)22-23(18-6-4-7-20(15-18)31-2)27(26(30)25(22)29)16-21-8-5-14-33-21/h4-12,14-15,23,28H,3,13,16H2,1-2H3/b24-22-. The predicted molar refractivity (Wildman–Crippen MR) is 122 cm³/mol. The summed E-state index contributed by atoms with van der Waals surface area (Å²) in [7, 11) is 1.54. The van der Waals surface area contributed by atoms with Gasteiger partial charge in [-0.3, -0.25) is 9.59 Å². The number of furan rings is 1. The van der Waals surface area contributed by atoms with E-state index >= 15 is 0 Å². The molecule has 1 aromatic heterocycles. The number of hydrogen-bond acceptors (Lipinski definition) is 6. The number of amides is 1. The first kappa shape index (κ1) is 22.2. The third-order valence-corrected chi connectivity index (χ3v) is 5.46. The zero-order chi connectivity index (χ0) is 23.4. The summed E-state index contributed by atoms with van der Waals surface area (Å²) in [6.07, 6.45) is 2.38. The molecule has 1 aliphatic rings. The van der Waals surface area contributed by atoms with Gasteiger partial charge in [-0.25, -0.2) is 0 Å². The van der Waals surface area contributed by atoms with Gasteiger partial charge < -0.3 is 23.9 Å². The van der Waals surface area contributed by atoms with Crippen molar-refractivity contribution in [2.45, 2.75) is 25.9 Å². The molecule has 0 aliphatic carbocycles. The Morgan fingerprint density at radius 3 is 2.52 bits per heavy atom. The number of ketones is 1. The smallest absolute Gasteiger partial charge is 0.296 e. The number of likely N-dealkylation sites (tertiary alicyclic amines) is 1. The number of benzene rings is 2. The Kier molecular flexibility index (Phi) is 6.49. The summed E-state index contributed by atoms with van der Waals surface area (Å²) in [4.78, 5) is 27.5. The molecule has 33 heavy (non-hydrogen) atoms. The van der Waals surface area contributed by atoms with E-state index in [-0.39, 0.29) is 17.9 Å². The van der Waals surface area contributed by atoms with Gasteiger partial charge >= 0.3 is 0 Å². The van der Waals surface area contributed by atoms with E-state index < -0.39 is 17.7 Å². The first-order valence-electron chi connectivity index (χ1n) is 10.7. The molecule has 1 fully saturated rings. The molecule has 1 atom stereocenters. The highest BCUT2D eigenvalue weighted by molar-refractivity contribution is 6.46. The number of carbonyl (C=O) groups is 2. The Bertz CT molecular complexity index is 1160. The van der Waals surface area contributed by atoms with Gasteiger partial charge in [0.2, 0.25) is 0 Å². The number of methoxy groups -OCH3 is 1. The van der Waals surface area contributed by atoms with Gasteiger partial charge in [-0.2, -0.15) is 0 Å². The maximum absolute atomic E-state index is 13.1. The second-order valence-electron chi connectivity index (χ2n) is 7.66. The van der Waals surface area contributed by atoms with Crippen LogP contribution in [0, 0.1) is 0 Å². The van der Waals surface area contributed by atoms with E-state index in [0.717, 1.165) is 6.42 Å². The van der Waals surface area contributed by atoms with E-state index in [4.69, 9.17) is 13.9 Å². The molecule has 1 saturated heterocycles. The fourth-order valence-corrected chi connectivity index (χ4v) is 3.86. The van der Waals surface area contributed by atoms with Gasteiger partial charge in [-0.1, -0.05) is 19.1 Å². The molecule has 3 aromatic rings. The third-order valence-electron chi connectivity index (χ3n) is 5.46. The van der Waals surface area contributed by atoms with Crippen molar-refractivity contribution in [3.8, 4) is 11.5 Å². The predicted octanol–water partition coefficient (Wildman–Crippen LogP) is 4.70. The van der Waals surface area contributed by atoms with Gasteiger partial charge in [0, 0.05) is 5.56 Å². The van der Waals surface area contributed by atoms with Gasteiger partial charge in [-0.15, -0.1) is 0 Å². The van der Waals surface area contributed by atoms with Gasteiger partial charge in [0.05, 0.1) is 38.1 Å². The highest BCUT2D eigenvalue weighted by Crippen LogP contribution is 2.41. The summed E-state index contributed by atoms with van der Waals surface area (Å²) in [6, 6.07) is 16.5. The van der Waals surface area contributed by atoms with Crippen LogP contribution >= 0.6 is 0 Å². The fourth-order valence-electron chi connectivity index (χ4n) is 3.86. The Morgan fingerprint density at radius 1 is 1.06 bits per heavy atom. The highest BCUT2D eigenvalue weighted by atomic mass is 16.5. The Balaban J connectivity index is 1.79. The first-order valence-corrected chi connectivity index (χ1v) is 10.7. The summed E-state index contributed by atoms with van der Waals surface area (Å²) < 4.78 is 16.3. The summed E-state index contributed by atoms with van der Waals surface area (Å²) in [5, 5.41) is 11.2. The van der Waals surface area contributed by atoms with Crippen LogP contribution in [0.3, 0.4) is 0 Å². The second kappa shape index (κ2) is 9.65. The summed E-state index contributed by atoms with van der Waals surface area (Å²) in [6.45, 7) is 2.68. The molecule has 7 heteroatoms. The van der Waals surface area contributed by atoms with E-state index in [0.29, 0.717) is 35.0 Å². The van der Waals surface area contributed by atoms with Crippen LogP contribution in [0.4, 0.5) is 0 Å². The third kappa shape index (κ3) is 4.48. The number of aliphatic hydroxyl groups excluding tert-OH is 1. The quantitative estimate of drug-likeness (QED) is 0.306. The van der Waals surface area contributed by atoms with Crippen LogP contribution in [0.5, 0.6) is 11.5 Å². The van der Waals surface area contributed by atoms with Crippen molar-refractivity contribution in [3.63, 3.8) is 0 Å². The molecule has 2 heterocycles. The van der Waals surface area contributed by atoms with Crippen LogP contribution in [0.2, 0.25) is 0 Å². The van der Waals surface area contributed by atoms with Crippen LogP contribution in [0.25, 0.3) is 5.76 Å². The monoisotopic (exact) mass is 447 g/mol. The lowest BCUT2D eigenvalue weighted by Gasteiger charge is -2.24. The Labute approximate surface area is 191 Å². The van der Waals surface area contributed by atoms with Crippen molar-refractivity contribution in [3.05, 3.63) is 89.4 Å². The number of nitrogens with zero attached hydrogens (tertiary/aromatic N) is 1. The largest absolute Gasteiger partial charge is 0.507 e. The van der Waals surface area contributed by atoms with Gasteiger partial charge in [0.1, 0.15) is 23.0 Å². The molecule has 1 aliphatic heterocycles. The lowest BCUT2D eigenvalue weighted by molar-refractivity contribution is -0.140. The first-order chi connectivity index (χ1) is 16.0. The minimum absolute atomic E-state index is 0.0158. The number of rotatable bonds is 8. The molecular formula is C26H25NO6. The molecule has 1 amide bonds. The number of ether oxygens (including phenoxy) is 2. The summed E-state index contributed by atoms with van der Waals surface area (Å²) in [5.74, 6) is 0.0683. The van der Waals surface area contributed by atoms with E-state index in [2.05, 4.69) is 0 Å². The van der Waals surface area contributed by atoms with Gasteiger partial charge in [0.25, 0.3) is 11.7 Å². The topological polar surface area (TPSA) is 89.2 Å². The van der Waals surface area contributed by atoms with Gasteiger partial charge in [-0.05, 0) is 60.5 Å². The van der Waals surface area contributed by atoms with Crippen molar-refractivity contribution < 1.29 is 28.6 Å². The lowest BCUT2D eigenvalue weighted by atomic mass is 9.95. The average Bonchev–Trinajstić information content (AvgIpc) is 3.45. The van der Waals surface area contributed by atoms with Crippen LogP contribution < -0.4 is 9.47 Å². The van der Waals surface area contributed by atoms with Crippen molar-refractivity contribution in [1.29, 1.82) is 0 Å². The van der Waals surface area contributed by atoms with Gasteiger partial charge in [0.15, 0.2) is 0 Å². The number of carbonyl (C=O) groups excluding carboxylic acids is 2. The van der Waals surface area contributed by atoms with Crippen LogP contribution in [0.15, 0.2) is 76.9 Å². The van der Waals surface area contributed by atoms with E-state index in [1.807, 2.05) is 6.92 Å². The molecule has 0 radical (unpaired) electrons. The Hall–Kier alpha value is -4.00. The lowest BCUT2D eigenvalue weighted by Crippen LogP contribution is -2.29. The molecule has 1 N–H and O–H groups in total. The molecular weight excluding hydrogens is 422 g/mol. The maximum atomic E-state index is 13.1. The summed E-state index contributed by atoms with van der Waals surface area (Å²) >= 11 is 0. The second-order valence-corrected chi connectivity index (χ2v) is 7.66. The van der Waals surface area contributed by atoms with Crippen molar-refractivity contribution in [2.75, 3.05) is 13.7 Å². The van der Waals surface area contributed by atoms with E-state index in [1.165, 1.54) is 11.2 Å². The number of Topliss-reactive ketones (excluding diaryl/α,β-unsaturated/α-hetero) is 1. The molecule has 7 nitrogen and oxygen atoms in total. The molecule has 0 spiro atoms. The Morgan fingerprint density at radius 2 is 1.85 bits per heavy atom. The number of aliphatic hydroxyl groups is 1. The zero-order valence-electron chi connectivity index (χ0n) is 18.5. The molecule has 1 unspecified atom stereocenters. The maximum Gasteiger partial charge on any atom is 0.296 e. The zero-order valence-corrected chi connectivity index (χ0v) is 18.5. The minimum Gasteiger partial charge on any atom is -0.507 e. The number of hydrogen-bond donors (Lipinski definition) is 1. The van der Waals surface area contributed by atoms with Crippen LogP contribution in [-0.4, -0.2) is 35.4 Å². The average molecular weight is 447 g/mol. The van der Waals surface area contributed by atoms with Crippen LogP contribution in [0.1, 0.15) is 36.3 Å². The van der Waals surface area contributed by atoms with Crippen molar-refractivity contribution in [1.82, 2.24) is 4.90 Å². The molecule has 2 aromatic carbocycles. The molecule has 4 rings (SSSR count). The molecule has 0 bridgehead atoms. The van der Waals surface area contributed by atoms with E-state index in [1.54, 1.807) is 67.8 Å². The van der Waals surface area contributed by atoms with E-state index in [9.17, 15) is 14.7 Å². The SMILES string of the molecule is CCCOc1ccc(/C(O)=C2/C(=O)C(=O)N(Cc3ccco3)C2c2cccc(OC)c2)cc1. The van der Waals surface area contributed by atoms with Crippen LogP contribution in [-0.2, 0) is 16.1 Å². The molecule has 170 valence electrons.